The number of carbonyl (C=O) groups is 2. The first-order valence-electron chi connectivity index (χ1n) is 13.8. The second-order valence-corrected chi connectivity index (χ2v) is 13.7. The van der Waals surface area contributed by atoms with Gasteiger partial charge in [-0.1, -0.05) is 42.5 Å². The molecule has 1 aliphatic carbocycles. The minimum Gasteiger partial charge on any atom is -0.349 e. The van der Waals surface area contributed by atoms with Gasteiger partial charge in [0.15, 0.2) is 9.84 Å². The lowest BCUT2D eigenvalue weighted by molar-refractivity contribution is -0.128. The smallest absolute Gasteiger partial charge is 0.223 e. The predicted octanol–water partition coefficient (Wildman–Crippen LogP) is 3.95. The van der Waals surface area contributed by atoms with Crippen LogP contribution in [0.3, 0.4) is 0 Å². The molecule has 5 rings (SSSR count). The van der Waals surface area contributed by atoms with E-state index in [1.54, 1.807) is 12.1 Å². The van der Waals surface area contributed by atoms with Crippen LogP contribution in [0.5, 0.6) is 0 Å². The molecule has 0 unspecified atom stereocenters. The molecule has 0 radical (unpaired) electrons. The van der Waals surface area contributed by atoms with Crippen molar-refractivity contribution in [3.05, 3.63) is 65.7 Å². The maximum Gasteiger partial charge on any atom is 0.223 e. The molecular formula is C30H39N3O4S. The third kappa shape index (κ3) is 6.83. The van der Waals surface area contributed by atoms with E-state index in [4.69, 9.17) is 0 Å². The second-order valence-electron chi connectivity index (χ2n) is 11.7. The first kappa shape index (κ1) is 26.9. The summed E-state index contributed by atoms with van der Waals surface area (Å²) in [5.74, 6) is 0.924. The van der Waals surface area contributed by atoms with Gasteiger partial charge >= 0.3 is 0 Å². The first-order valence-corrected chi connectivity index (χ1v) is 15.7. The zero-order valence-corrected chi connectivity index (χ0v) is 23.1. The SMILES string of the molecule is CS(=O)(=O)c1ccc(CN2CC3(CCN(CC[C@H](NC(=O)CC4CC4)c4ccccc4)CC3)CC2=O)cc1. The lowest BCUT2D eigenvalue weighted by Gasteiger charge is -2.39. The van der Waals surface area contributed by atoms with Crippen molar-refractivity contribution in [2.75, 3.05) is 32.4 Å². The molecule has 0 aromatic heterocycles. The first-order chi connectivity index (χ1) is 18.2. The van der Waals surface area contributed by atoms with Gasteiger partial charge in [-0.05, 0) is 79.8 Å². The summed E-state index contributed by atoms with van der Waals surface area (Å²) < 4.78 is 23.5. The fourth-order valence-corrected chi connectivity index (χ4v) is 6.56. The topological polar surface area (TPSA) is 86.8 Å². The number of piperidine rings is 1. The lowest BCUT2D eigenvalue weighted by Crippen LogP contribution is -2.42. The normalized spacial score (nSPS) is 20.6. The summed E-state index contributed by atoms with van der Waals surface area (Å²) in [6, 6.07) is 17.2. The van der Waals surface area contributed by atoms with Gasteiger partial charge in [0.05, 0.1) is 10.9 Å². The molecule has 7 nitrogen and oxygen atoms in total. The Bertz CT molecular complexity index is 1230. The van der Waals surface area contributed by atoms with Crippen LogP contribution in [-0.2, 0) is 26.0 Å². The molecule has 0 bridgehead atoms. The minimum absolute atomic E-state index is 0.0240. The van der Waals surface area contributed by atoms with E-state index in [1.807, 2.05) is 35.2 Å². The third-order valence-electron chi connectivity index (χ3n) is 8.49. The number of hydrogen-bond donors (Lipinski definition) is 1. The highest BCUT2D eigenvalue weighted by atomic mass is 32.2. The molecule has 38 heavy (non-hydrogen) atoms. The van der Waals surface area contributed by atoms with Crippen molar-refractivity contribution in [3.8, 4) is 0 Å². The monoisotopic (exact) mass is 537 g/mol. The van der Waals surface area contributed by atoms with Gasteiger partial charge in [0.25, 0.3) is 0 Å². The number of sulfone groups is 1. The number of benzene rings is 2. The molecule has 2 aromatic carbocycles. The minimum atomic E-state index is -3.23. The van der Waals surface area contributed by atoms with Crippen molar-refractivity contribution in [2.45, 2.75) is 62.4 Å². The molecule has 2 heterocycles. The van der Waals surface area contributed by atoms with Crippen LogP contribution in [0.15, 0.2) is 59.5 Å². The highest BCUT2D eigenvalue weighted by molar-refractivity contribution is 7.90. The standard InChI is InChI=1S/C30H39N3O4S/c1-38(36,37)26-11-9-24(10-12-26)21-33-22-30(20-29(33)35)14-17-32(18-15-30)16-13-27(25-5-3-2-4-6-25)31-28(34)19-23-7-8-23/h2-6,9-12,23,27H,7-8,13-22H2,1H3,(H,31,34)/t27-/m0/s1. The Morgan fingerprint density at radius 1 is 1.05 bits per heavy atom. The molecule has 2 saturated heterocycles. The summed E-state index contributed by atoms with van der Waals surface area (Å²) in [5.41, 5.74) is 2.14. The van der Waals surface area contributed by atoms with Crippen molar-refractivity contribution in [3.63, 3.8) is 0 Å². The average molecular weight is 538 g/mol. The number of nitrogens with zero attached hydrogens (tertiary/aromatic N) is 2. The molecule has 1 N–H and O–H groups in total. The number of rotatable bonds is 10. The largest absolute Gasteiger partial charge is 0.349 e. The molecule has 2 aromatic rings. The van der Waals surface area contributed by atoms with E-state index in [-0.39, 0.29) is 23.3 Å². The van der Waals surface area contributed by atoms with Crippen LogP contribution in [0.2, 0.25) is 0 Å². The van der Waals surface area contributed by atoms with E-state index in [0.717, 1.165) is 56.6 Å². The Hall–Kier alpha value is -2.71. The van der Waals surface area contributed by atoms with Gasteiger partial charge in [-0.15, -0.1) is 0 Å². The maximum atomic E-state index is 12.9. The van der Waals surface area contributed by atoms with Crippen molar-refractivity contribution >= 4 is 21.7 Å². The zero-order valence-electron chi connectivity index (χ0n) is 22.3. The predicted molar refractivity (Wildman–Crippen MR) is 147 cm³/mol. The summed E-state index contributed by atoms with van der Waals surface area (Å²) in [6.45, 7) is 4.12. The highest BCUT2D eigenvalue weighted by Crippen LogP contribution is 2.41. The fourth-order valence-electron chi connectivity index (χ4n) is 5.93. The Morgan fingerprint density at radius 3 is 2.37 bits per heavy atom. The van der Waals surface area contributed by atoms with E-state index in [0.29, 0.717) is 30.2 Å². The summed E-state index contributed by atoms with van der Waals surface area (Å²) >= 11 is 0. The van der Waals surface area contributed by atoms with E-state index < -0.39 is 9.84 Å². The van der Waals surface area contributed by atoms with Crippen molar-refractivity contribution in [1.29, 1.82) is 0 Å². The number of nitrogens with one attached hydrogen (secondary N) is 1. The van der Waals surface area contributed by atoms with Crippen LogP contribution in [0.1, 0.15) is 62.1 Å². The molecule has 1 saturated carbocycles. The summed E-state index contributed by atoms with van der Waals surface area (Å²) in [6.07, 6.45) is 7.65. The van der Waals surface area contributed by atoms with E-state index in [9.17, 15) is 18.0 Å². The number of carbonyl (C=O) groups excluding carboxylic acids is 2. The fraction of sp³-hybridized carbons (Fsp3) is 0.533. The molecule has 2 amide bonds. The highest BCUT2D eigenvalue weighted by Gasteiger charge is 2.44. The lowest BCUT2D eigenvalue weighted by atomic mass is 9.77. The summed E-state index contributed by atoms with van der Waals surface area (Å²) in [5, 5.41) is 3.29. The van der Waals surface area contributed by atoms with E-state index in [1.165, 1.54) is 19.1 Å². The summed E-state index contributed by atoms with van der Waals surface area (Å²) in [7, 11) is -3.23. The van der Waals surface area contributed by atoms with Gasteiger partial charge in [-0.2, -0.15) is 0 Å². The Balaban J connectivity index is 1.13. The van der Waals surface area contributed by atoms with Crippen molar-refractivity contribution < 1.29 is 18.0 Å². The second kappa shape index (κ2) is 11.2. The van der Waals surface area contributed by atoms with Crippen molar-refractivity contribution in [2.24, 2.45) is 11.3 Å². The van der Waals surface area contributed by atoms with Gasteiger partial charge < -0.3 is 15.1 Å². The van der Waals surface area contributed by atoms with Crippen LogP contribution in [-0.4, -0.2) is 62.5 Å². The molecule has 3 fully saturated rings. The molecule has 2 aliphatic heterocycles. The van der Waals surface area contributed by atoms with Gasteiger partial charge in [-0.3, -0.25) is 9.59 Å². The van der Waals surface area contributed by atoms with E-state index >= 15 is 0 Å². The zero-order chi connectivity index (χ0) is 26.8. The van der Waals surface area contributed by atoms with Gasteiger partial charge in [0.2, 0.25) is 11.8 Å². The van der Waals surface area contributed by atoms with Crippen LogP contribution >= 0.6 is 0 Å². The number of likely N-dealkylation sites (tertiary alicyclic amines) is 2. The Morgan fingerprint density at radius 2 is 1.74 bits per heavy atom. The Labute approximate surface area is 226 Å². The molecular weight excluding hydrogens is 498 g/mol. The van der Waals surface area contributed by atoms with Crippen LogP contribution in [0.25, 0.3) is 0 Å². The Kier molecular flexibility index (Phi) is 7.91. The number of amides is 2. The quantitative estimate of drug-likeness (QED) is 0.496. The molecule has 3 aliphatic rings. The van der Waals surface area contributed by atoms with E-state index in [2.05, 4.69) is 22.3 Å². The molecule has 8 heteroatoms. The summed E-state index contributed by atoms with van der Waals surface area (Å²) in [4.78, 5) is 30.2. The maximum absolute atomic E-state index is 12.9. The third-order valence-corrected chi connectivity index (χ3v) is 9.62. The van der Waals surface area contributed by atoms with Crippen LogP contribution in [0, 0.1) is 11.3 Å². The van der Waals surface area contributed by atoms with Gasteiger partial charge in [0.1, 0.15) is 0 Å². The average Bonchev–Trinajstić information content (AvgIpc) is 3.66. The van der Waals surface area contributed by atoms with Gasteiger partial charge in [0, 0.05) is 38.7 Å². The molecule has 1 spiro atoms. The van der Waals surface area contributed by atoms with Crippen LogP contribution < -0.4 is 5.32 Å². The van der Waals surface area contributed by atoms with Gasteiger partial charge in [-0.25, -0.2) is 8.42 Å². The molecule has 1 atom stereocenters. The molecule has 204 valence electrons. The number of hydrogen-bond acceptors (Lipinski definition) is 5. The van der Waals surface area contributed by atoms with Crippen molar-refractivity contribution in [1.82, 2.24) is 15.1 Å². The van der Waals surface area contributed by atoms with Crippen LogP contribution in [0.4, 0.5) is 0 Å².